The van der Waals surface area contributed by atoms with E-state index in [-0.39, 0.29) is 5.13 Å². The predicted octanol–water partition coefficient (Wildman–Crippen LogP) is 6.53. The van der Waals surface area contributed by atoms with Crippen molar-refractivity contribution in [1.82, 2.24) is 15.2 Å². The van der Waals surface area contributed by atoms with Crippen LogP contribution in [0.1, 0.15) is 22.9 Å². The molecule has 0 saturated carbocycles. The fourth-order valence-electron chi connectivity index (χ4n) is 4.68. The van der Waals surface area contributed by atoms with E-state index in [2.05, 4.69) is 80.6 Å². The quantitative estimate of drug-likeness (QED) is 0.338. The van der Waals surface area contributed by atoms with Crippen LogP contribution in [0.3, 0.4) is 0 Å². The third-order valence-electron chi connectivity index (χ3n) is 6.48. The topological polar surface area (TPSA) is 59.8 Å². The average molecular weight is 466 g/mol. The van der Waals surface area contributed by atoms with Crippen LogP contribution >= 0.6 is 11.3 Å². The van der Waals surface area contributed by atoms with Gasteiger partial charge < -0.3 is 9.88 Å². The second-order valence-electron chi connectivity index (χ2n) is 8.81. The summed E-state index contributed by atoms with van der Waals surface area (Å²) in [7, 11) is 0. The number of nitrogens with one attached hydrogen (secondary N) is 2. The molecule has 6 heterocycles. The maximum Gasteiger partial charge on any atom is 0.176 e. The summed E-state index contributed by atoms with van der Waals surface area (Å²) in [5, 5.41) is 8.70. The lowest BCUT2D eigenvalue weighted by Crippen LogP contribution is -1.94. The first-order chi connectivity index (χ1) is 16.6. The fourth-order valence-corrected chi connectivity index (χ4v) is 5.46. The molecule has 7 rings (SSSR count). The van der Waals surface area contributed by atoms with Gasteiger partial charge in [-0.2, -0.15) is 9.49 Å². The van der Waals surface area contributed by atoms with Crippen LogP contribution in [-0.2, 0) is 0 Å². The van der Waals surface area contributed by atoms with Crippen molar-refractivity contribution in [3.63, 3.8) is 0 Å². The van der Waals surface area contributed by atoms with Gasteiger partial charge in [-0.3, -0.25) is 10.1 Å². The number of aliphatic imine (C=N–C) groups is 1. The lowest BCUT2D eigenvalue weighted by molar-refractivity contribution is 0.657. The van der Waals surface area contributed by atoms with Crippen molar-refractivity contribution in [2.75, 3.05) is 11.4 Å². The van der Waals surface area contributed by atoms with Gasteiger partial charge in [-0.25, -0.2) is 0 Å². The highest BCUT2D eigenvalue weighted by Gasteiger charge is 2.34. The number of hydrogen-bond acceptors (Lipinski definition) is 4. The fraction of sp³-hybridized carbons (Fsp3) is 0.111. The molecule has 34 heavy (non-hydrogen) atoms. The van der Waals surface area contributed by atoms with Gasteiger partial charge in [0.05, 0.1) is 17.8 Å². The molecule has 5 nitrogen and oxygen atoms in total. The summed E-state index contributed by atoms with van der Waals surface area (Å²) in [5.74, 6) is 1.35. The summed E-state index contributed by atoms with van der Waals surface area (Å²) in [6.45, 7) is 3.06. The molecule has 4 aromatic rings. The second kappa shape index (κ2) is 7.27. The van der Waals surface area contributed by atoms with Gasteiger partial charge in [0.1, 0.15) is 11.5 Å². The maximum absolute atomic E-state index is 13.8. The van der Waals surface area contributed by atoms with Gasteiger partial charge in [0.25, 0.3) is 0 Å². The van der Waals surface area contributed by atoms with Gasteiger partial charge in [0.2, 0.25) is 0 Å². The molecule has 1 fully saturated rings. The number of anilines is 1. The minimum absolute atomic E-state index is 0.178. The van der Waals surface area contributed by atoms with E-state index in [1.54, 1.807) is 0 Å². The Morgan fingerprint density at radius 2 is 2.09 bits per heavy atom. The molecular formula is C27H20FN5S. The van der Waals surface area contributed by atoms with Crippen LogP contribution in [0.15, 0.2) is 77.6 Å². The number of nitrogens with zero attached hydrogens (tertiary/aromatic N) is 3. The predicted molar refractivity (Wildman–Crippen MR) is 137 cm³/mol. The zero-order valence-electron chi connectivity index (χ0n) is 18.3. The minimum Gasteiger partial charge on any atom is -0.339 e. The Kier molecular flexibility index (Phi) is 4.17. The molecular weight excluding hydrogens is 445 g/mol. The average Bonchev–Trinajstić information content (AvgIpc) is 3.14. The maximum atomic E-state index is 13.8. The van der Waals surface area contributed by atoms with Crippen molar-refractivity contribution in [3.8, 4) is 11.4 Å². The number of benzene rings is 1. The van der Waals surface area contributed by atoms with Gasteiger partial charge in [-0.1, -0.05) is 31.2 Å². The molecule has 0 radical (unpaired) electrons. The standard InChI is InChI=1S/C27H20FN5S/c1-15-8-9-29-13-17(10-15)16-2-5-22-21(11-16)26(32-31-22)23-12-20-19(24-6-7-25(28)34-24)4-3-18-14-33(18)27(20)30-23/h2-13,15,30H,14H2,1H3,(H,31,32)/t15-,33?/m0/s1. The molecule has 0 bridgehead atoms. The highest BCUT2D eigenvalue weighted by Crippen LogP contribution is 2.45. The number of H-pyrrole nitrogens is 2. The molecule has 7 heteroatoms. The second-order valence-corrected chi connectivity index (χ2v) is 9.84. The molecule has 3 aliphatic heterocycles. The molecule has 3 aliphatic rings. The van der Waals surface area contributed by atoms with Crippen LogP contribution in [-0.4, -0.2) is 27.9 Å². The minimum atomic E-state index is -0.178. The molecule has 1 saturated heterocycles. The number of allylic oxidation sites excluding steroid dienone is 5. The van der Waals surface area contributed by atoms with Gasteiger partial charge >= 0.3 is 0 Å². The van der Waals surface area contributed by atoms with Crippen molar-refractivity contribution in [1.29, 1.82) is 0 Å². The first kappa shape index (κ1) is 19.5. The molecule has 0 amide bonds. The Balaban J connectivity index is 1.35. The smallest absolute Gasteiger partial charge is 0.176 e. The van der Waals surface area contributed by atoms with E-state index >= 15 is 0 Å². The number of hydrogen-bond donors (Lipinski definition) is 2. The van der Waals surface area contributed by atoms with Gasteiger partial charge in [-0.15, -0.1) is 11.3 Å². The number of thiophene rings is 1. The molecule has 0 unspecified atom stereocenters. The summed E-state index contributed by atoms with van der Waals surface area (Å²) in [4.78, 5) is 11.2. The summed E-state index contributed by atoms with van der Waals surface area (Å²) in [6.07, 6.45) is 12.3. The molecule has 0 aliphatic carbocycles. The third-order valence-corrected chi connectivity index (χ3v) is 7.39. The van der Waals surface area contributed by atoms with E-state index in [0.717, 1.165) is 61.8 Å². The Labute approximate surface area is 199 Å². The van der Waals surface area contributed by atoms with Crippen LogP contribution in [0.4, 0.5) is 10.2 Å². The highest BCUT2D eigenvalue weighted by atomic mass is 32.1. The normalized spacial score (nSPS) is 18.7. The number of aromatic amines is 2. The van der Waals surface area contributed by atoms with Crippen LogP contribution in [0, 0.1) is 11.0 Å². The number of rotatable bonds is 3. The lowest BCUT2D eigenvalue weighted by atomic mass is 9.99. The van der Waals surface area contributed by atoms with E-state index in [1.165, 1.54) is 23.1 Å². The van der Waals surface area contributed by atoms with E-state index in [4.69, 9.17) is 0 Å². The lowest BCUT2D eigenvalue weighted by Gasteiger charge is -2.05. The first-order valence-electron chi connectivity index (χ1n) is 11.2. The number of aromatic nitrogens is 3. The van der Waals surface area contributed by atoms with Crippen molar-refractivity contribution in [2.24, 2.45) is 10.9 Å². The van der Waals surface area contributed by atoms with Crippen molar-refractivity contribution >= 4 is 45.4 Å². The van der Waals surface area contributed by atoms with E-state index in [9.17, 15) is 4.39 Å². The molecule has 1 atom stereocenters. The van der Waals surface area contributed by atoms with Crippen molar-refractivity contribution in [2.45, 2.75) is 6.92 Å². The summed E-state index contributed by atoms with van der Waals surface area (Å²) in [5.41, 5.74) is 8.31. The van der Waals surface area contributed by atoms with E-state index in [1.807, 2.05) is 18.5 Å². The van der Waals surface area contributed by atoms with E-state index in [0.29, 0.717) is 5.92 Å². The molecule has 166 valence electrons. The Hall–Kier alpha value is -3.97. The van der Waals surface area contributed by atoms with Crippen LogP contribution in [0.5, 0.6) is 0 Å². The third kappa shape index (κ3) is 3.12. The van der Waals surface area contributed by atoms with Gasteiger partial charge in [0.15, 0.2) is 5.13 Å². The highest BCUT2D eigenvalue weighted by molar-refractivity contribution is 7.11. The SMILES string of the molecule is C[C@H]1C=CN=CC(c2ccc3[nH]nc(-c4cc5c([nH]4)N4CC4=CC=C5c4ccc(F)s4)c3c2)=C1. The Morgan fingerprint density at radius 1 is 1.15 bits per heavy atom. The summed E-state index contributed by atoms with van der Waals surface area (Å²) in [6, 6.07) is 11.8. The van der Waals surface area contributed by atoms with Crippen LogP contribution < -0.4 is 4.90 Å². The number of halogens is 1. The Bertz CT molecular complexity index is 1620. The monoisotopic (exact) mass is 465 g/mol. The molecule has 3 aromatic heterocycles. The van der Waals surface area contributed by atoms with Crippen LogP contribution in [0.2, 0.25) is 0 Å². The largest absolute Gasteiger partial charge is 0.339 e. The van der Waals surface area contributed by atoms with Gasteiger partial charge in [-0.05, 0) is 53.5 Å². The van der Waals surface area contributed by atoms with Crippen LogP contribution in [0.25, 0.3) is 33.4 Å². The van der Waals surface area contributed by atoms with Crippen molar-refractivity contribution in [3.05, 3.63) is 93.7 Å². The number of fused-ring (bicyclic) bond motifs is 4. The summed E-state index contributed by atoms with van der Waals surface area (Å²) < 4.78 is 13.8. The molecule has 0 spiro atoms. The molecule has 2 N–H and O–H groups in total. The zero-order chi connectivity index (χ0) is 22.8. The Morgan fingerprint density at radius 3 is 2.97 bits per heavy atom. The van der Waals surface area contributed by atoms with Crippen molar-refractivity contribution < 1.29 is 4.39 Å². The first-order valence-corrected chi connectivity index (χ1v) is 12.0. The van der Waals surface area contributed by atoms with Gasteiger partial charge in [0, 0.05) is 39.5 Å². The molecule has 1 aromatic carbocycles. The van der Waals surface area contributed by atoms with E-state index < -0.39 is 0 Å². The summed E-state index contributed by atoms with van der Waals surface area (Å²) >= 11 is 1.17. The zero-order valence-corrected chi connectivity index (χ0v) is 19.2.